The standard InChI is InChI=1S/C18H16F2N2S/c19-15-6-4-7-16(20)14(15)11-23-18-13(10-21)9-12-5-2-1-3-8-17(12)22-18/h4,6-7,9H,1-3,5,8,11H2. The molecule has 0 bridgehead atoms. The summed E-state index contributed by atoms with van der Waals surface area (Å²) in [5.74, 6) is -1.00. The van der Waals surface area contributed by atoms with Crippen molar-refractivity contribution in [1.82, 2.24) is 4.98 Å². The van der Waals surface area contributed by atoms with Gasteiger partial charge < -0.3 is 0 Å². The Morgan fingerprint density at radius 3 is 2.61 bits per heavy atom. The first-order valence-corrected chi connectivity index (χ1v) is 8.66. The summed E-state index contributed by atoms with van der Waals surface area (Å²) in [7, 11) is 0. The second-order valence-electron chi connectivity index (χ2n) is 5.61. The van der Waals surface area contributed by atoms with Crippen LogP contribution in [0.3, 0.4) is 0 Å². The molecule has 0 aliphatic heterocycles. The fourth-order valence-electron chi connectivity index (χ4n) is 2.79. The van der Waals surface area contributed by atoms with E-state index in [1.54, 1.807) is 0 Å². The van der Waals surface area contributed by atoms with Crippen LogP contribution in [-0.2, 0) is 18.6 Å². The largest absolute Gasteiger partial charge is 0.245 e. The van der Waals surface area contributed by atoms with Crippen LogP contribution < -0.4 is 0 Å². The molecule has 0 amide bonds. The molecule has 1 aromatic carbocycles. The molecule has 3 rings (SSSR count). The van der Waals surface area contributed by atoms with E-state index in [0.717, 1.165) is 36.9 Å². The Morgan fingerprint density at radius 1 is 1.13 bits per heavy atom. The number of nitrogens with zero attached hydrogens (tertiary/aromatic N) is 2. The summed E-state index contributed by atoms with van der Waals surface area (Å²) in [5.41, 5.74) is 2.68. The third-order valence-corrected chi connectivity index (χ3v) is 5.07. The lowest BCUT2D eigenvalue weighted by atomic mass is 10.1. The van der Waals surface area contributed by atoms with E-state index in [4.69, 9.17) is 0 Å². The van der Waals surface area contributed by atoms with Gasteiger partial charge in [-0.1, -0.05) is 12.5 Å². The van der Waals surface area contributed by atoms with Crippen molar-refractivity contribution in [3.63, 3.8) is 0 Å². The molecule has 1 aromatic heterocycles. The minimum absolute atomic E-state index is 0.0260. The van der Waals surface area contributed by atoms with Gasteiger partial charge in [-0.05, 0) is 49.4 Å². The maximum Gasteiger partial charge on any atom is 0.130 e. The predicted octanol–water partition coefficient (Wildman–Crippen LogP) is 4.79. The number of thioether (sulfide) groups is 1. The molecule has 0 fully saturated rings. The highest BCUT2D eigenvalue weighted by atomic mass is 32.2. The molecule has 0 radical (unpaired) electrons. The van der Waals surface area contributed by atoms with Gasteiger partial charge in [0.15, 0.2) is 0 Å². The van der Waals surface area contributed by atoms with E-state index in [1.807, 2.05) is 6.07 Å². The van der Waals surface area contributed by atoms with Crippen molar-refractivity contribution in [2.24, 2.45) is 0 Å². The van der Waals surface area contributed by atoms with E-state index in [-0.39, 0.29) is 11.3 Å². The van der Waals surface area contributed by atoms with Crippen LogP contribution >= 0.6 is 11.8 Å². The monoisotopic (exact) mass is 330 g/mol. The van der Waals surface area contributed by atoms with E-state index < -0.39 is 11.6 Å². The summed E-state index contributed by atoms with van der Waals surface area (Å²) < 4.78 is 27.4. The zero-order valence-electron chi connectivity index (χ0n) is 12.6. The first-order valence-electron chi connectivity index (χ1n) is 7.67. The molecule has 1 heterocycles. The highest BCUT2D eigenvalue weighted by Crippen LogP contribution is 2.30. The van der Waals surface area contributed by atoms with Crippen LogP contribution in [0, 0.1) is 23.0 Å². The lowest BCUT2D eigenvalue weighted by molar-refractivity contribution is 0.566. The van der Waals surface area contributed by atoms with Crippen LogP contribution in [-0.4, -0.2) is 4.98 Å². The van der Waals surface area contributed by atoms with E-state index in [9.17, 15) is 14.0 Å². The number of aromatic nitrogens is 1. The Bertz CT molecular complexity index is 748. The van der Waals surface area contributed by atoms with Crippen molar-refractivity contribution in [2.45, 2.75) is 42.9 Å². The predicted molar refractivity (Wildman–Crippen MR) is 86.1 cm³/mol. The quantitative estimate of drug-likeness (QED) is 0.599. The lowest BCUT2D eigenvalue weighted by Gasteiger charge is -2.10. The van der Waals surface area contributed by atoms with Gasteiger partial charge in [0.05, 0.1) is 5.56 Å². The lowest BCUT2D eigenvalue weighted by Crippen LogP contribution is -2.01. The van der Waals surface area contributed by atoms with Gasteiger partial charge in [-0.15, -0.1) is 11.8 Å². The molecule has 0 unspecified atom stereocenters. The molecule has 0 N–H and O–H groups in total. The molecule has 5 heteroatoms. The maximum absolute atomic E-state index is 13.7. The van der Waals surface area contributed by atoms with E-state index >= 15 is 0 Å². The molecule has 0 atom stereocenters. The fourth-order valence-corrected chi connectivity index (χ4v) is 3.78. The number of nitriles is 1. The minimum Gasteiger partial charge on any atom is -0.245 e. The van der Waals surface area contributed by atoms with Crippen LogP contribution in [0.2, 0.25) is 0 Å². The number of fused-ring (bicyclic) bond motifs is 1. The van der Waals surface area contributed by atoms with E-state index in [1.165, 1.54) is 36.4 Å². The Labute approximate surface area is 138 Å². The van der Waals surface area contributed by atoms with Gasteiger partial charge in [0.2, 0.25) is 0 Å². The zero-order chi connectivity index (χ0) is 16.2. The molecule has 0 spiro atoms. The Balaban J connectivity index is 1.88. The van der Waals surface area contributed by atoms with Crippen molar-refractivity contribution < 1.29 is 8.78 Å². The van der Waals surface area contributed by atoms with Gasteiger partial charge in [-0.25, -0.2) is 13.8 Å². The summed E-state index contributed by atoms with van der Waals surface area (Å²) >= 11 is 1.22. The third-order valence-electron chi connectivity index (χ3n) is 4.05. The summed E-state index contributed by atoms with van der Waals surface area (Å²) in [6.07, 6.45) is 5.23. The Kier molecular flexibility index (Phi) is 4.92. The fraction of sp³-hybridized carbons (Fsp3) is 0.333. The molecule has 1 aliphatic rings. The summed E-state index contributed by atoms with van der Waals surface area (Å²) in [5, 5.41) is 9.91. The number of hydrogen-bond donors (Lipinski definition) is 0. The highest BCUT2D eigenvalue weighted by molar-refractivity contribution is 7.98. The van der Waals surface area contributed by atoms with E-state index in [0.29, 0.717) is 10.6 Å². The molecule has 1 aliphatic carbocycles. The van der Waals surface area contributed by atoms with Gasteiger partial charge in [0.1, 0.15) is 22.7 Å². The molecular weight excluding hydrogens is 314 g/mol. The highest BCUT2D eigenvalue weighted by Gasteiger charge is 2.16. The summed E-state index contributed by atoms with van der Waals surface area (Å²) in [6.45, 7) is 0. The Hall–Kier alpha value is -1.93. The van der Waals surface area contributed by atoms with Crippen molar-refractivity contribution in [3.05, 3.63) is 58.3 Å². The molecule has 2 nitrogen and oxygen atoms in total. The van der Waals surface area contributed by atoms with Crippen LogP contribution in [0.25, 0.3) is 0 Å². The normalized spacial score (nSPS) is 14.0. The van der Waals surface area contributed by atoms with Gasteiger partial charge in [0.25, 0.3) is 0 Å². The minimum atomic E-state index is -0.564. The third kappa shape index (κ3) is 3.53. The topological polar surface area (TPSA) is 36.7 Å². The second kappa shape index (κ2) is 7.10. The number of rotatable bonds is 3. The van der Waals surface area contributed by atoms with Crippen LogP contribution in [0.4, 0.5) is 8.78 Å². The van der Waals surface area contributed by atoms with Crippen LogP contribution in [0.15, 0.2) is 29.3 Å². The first-order chi connectivity index (χ1) is 11.2. The first kappa shape index (κ1) is 15.9. The number of hydrogen-bond acceptors (Lipinski definition) is 3. The number of pyridine rings is 1. The van der Waals surface area contributed by atoms with Crippen LogP contribution in [0.5, 0.6) is 0 Å². The van der Waals surface area contributed by atoms with Crippen molar-refractivity contribution in [3.8, 4) is 6.07 Å². The summed E-state index contributed by atoms with van der Waals surface area (Å²) in [4.78, 5) is 4.61. The van der Waals surface area contributed by atoms with Gasteiger partial charge in [0, 0.05) is 17.0 Å². The van der Waals surface area contributed by atoms with Crippen LogP contribution in [0.1, 0.15) is 41.6 Å². The van der Waals surface area contributed by atoms with E-state index in [2.05, 4.69) is 11.1 Å². The average Bonchev–Trinajstić information content (AvgIpc) is 2.78. The van der Waals surface area contributed by atoms with Gasteiger partial charge >= 0.3 is 0 Å². The molecule has 118 valence electrons. The number of aryl methyl sites for hydroxylation is 2. The zero-order valence-corrected chi connectivity index (χ0v) is 13.4. The van der Waals surface area contributed by atoms with Gasteiger partial charge in [-0.3, -0.25) is 0 Å². The van der Waals surface area contributed by atoms with Gasteiger partial charge in [-0.2, -0.15) is 5.26 Å². The smallest absolute Gasteiger partial charge is 0.130 e. The number of benzene rings is 1. The molecule has 23 heavy (non-hydrogen) atoms. The molecule has 0 saturated carbocycles. The second-order valence-corrected chi connectivity index (χ2v) is 6.57. The molecule has 2 aromatic rings. The molecule has 0 saturated heterocycles. The number of halogens is 2. The Morgan fingerprint density at radius 2 is 1.87 bits per heavy atom. The SMILES string of the molecule is N#Cc1cc2c(nc1SCc1c(F)cccc1F)CCCCC2. The average molecular weight is 330 g/mol. The summed E-state index contributed by atoms with van der Waals surface area (Å²) in [6, 6.07) is 7.89. The molecular formula is C18H16F2N2S. The van der Waals surface area contributed by atoms with Crippen molar-refractivity contribution in [2.75, 3.05) is 0 Å². The van der Waals surface area contributed by atoms with Crippen molar-refractivity contribution >= 4 is 11.8 Å². The maximum atomic E-state index is 13.7. The van der Waals surface area contributed by atoms with Crippen molar-refractivity contribution in [1.29, 1.82) is 5.26 Å².